The zero-order chi connectivity index (χ0) is 18.5. The second kappa shape index (κ2) is 8.37. The van der Waals surface area contributed by atoms with Gasteiger partial charge >= 0.3 is 0 Å². The lowest BCUT2D eigenvalue weighted by Crippen LogP contribution is -2.17. The van der Waals surface area contributed by atoms with Crippen molar-refractivity contribution in [3.05, 3.63) is 45.8 Å². The van der Waals surface area contributed by atoms with Gasteiger partial charge < -0.3 is 14.2 Å². The van der Waals surface area contributed by atoms with Gasteiger partial charge in [0, 0.05) is 24.4 Å². The fraction of sp³-hybridized carbons (Fsp3) is 0.278. The number of hydrogen-bond acceptors (Lipinski definition) is 6. The largest absolute Gasteiger partial charge is 0.491 e. The van der Waals surface area contributed by atoms with Gasteiger partial charge in [0.1, 0.15) is 12.2 Å². The first-order chi connectivity index (χ1) is 12.6. The molecule has 0 aliphatic carbocycles. The molecule has 0 bridgehead atoms. The molecule has 1 aliphatic heterocycles. The number of pyridine rings is 2. The van der Waals surface area contributed by atoms with Crippen molar-refractivity contribution in [1.82, 2.24) is 9.97 Å². The monoisotopic (exact) mass is 391 g/mol. The number of hydrogen-bond donors (Lipinski definition) is 0. The first-order valence-corrected chi connectivity index (χ1v) is 8.58. The maximum absolute atomic E-state index is 9.57. The summed E-state index contributed by atoms with van der Waals surface area (Å²) in [6.07, 6.45) is 5.18. The predicted molar refractivity (Wildman–Crippen MR) is 98.4 cm³/mol. The van der Waals surface area contributed by atoms with Gasteiger partial charge in [0.05, 0.1) is 41.6 Å². The van der Waals surface area contributed by atoms with E-state index in [-0.39, 0.29) is 11.7 Å². The Labute approximate surface area is 160 Å². The lowest BCUT2D eigenvalue weighted by Gasteiger charge is -2.14. The van der Waals surface area contributed by atoms with Gasteiger partial charge in [-0.25, -0.2) is 4.98 Å². The van der Waals surface area contributed by atoms with Crippen LogP contribution in [-0.2, 0) is 4.74 Å². The summed E-state index contributed by atoms with van der Waals surface area (Å²) in [5, 5.41) is 10.3. The van der Waals surface area contributed by atoms with Crippen molar-refractivity contribution in [2.24, 2.45) is 0 Å². The molecule has 0 aromatic carbocycles. The van der Waals surface area contributed by atoms with Gasteiger partial charge in [0.2, 0.25) is 0 Å². The van der Waals surface area contributed by atoms with Crippen molar-refractivity contribution in [2.75, 3.05) is 20.3 Å². The molecular weight excluding hydrogens is 377 g/mol. The maximum Gasteiger partial charge on any atom is 0.257 e. The fourth-order valence-electron chi connectivity index (χ4n) is 2.45. The van der Waals surface area contributed by atoms with Gasteiger partial charge in [-0.15, -0.1) is 0 Å². The molecule has 1 saturated heterocycles. The number of nitrogens with zero attached hydrogens (tertiary/aromatic N) is 3. The first kappa shape index (κ1) is 18.5. The van der Waals surface area contributed by atoms with E-state index in [1.807, 2.05) is 0 Å². The van der Waals surface area contributed by atoms with E-state index in [9.17, 15) is 5.26 Å². The summed E-state index contributed by atoms with van der Waals surface area (Å²) in [6, 6.07) is 5.50. The Bertz CT molecular complexity index is 854. The lowest BCUT2D eigenvalue weighted by molar-refractivity contribution is 0.135. The highest BCUT2D eigenvalue weighted by atomic mass is 35.5. The number of nitriles is 1. The van der Waals surface area contributed by atoms with Crippen molar-refractivity contribution in [3.63, 3.8) is 0 Å². The van der Waals surface area contributed by atoms with Crippen LogP contribution in [0.15, 0.2) is 24.5 Å². The first-order valence-electron chi connectivity index (χ1n) is 7.83. The molecule has 6 nitrogen and oxygen atoms in total. The van der Waals surface area contributed by atoms with Crippen molar-refractivity contribution >= 4 is 34.9 Å². The third-order valence-electron chi connectivity index (χ3n) is 3.79. The molecule has 2 aromatic rings. The molecule has 134 valence electrons. The Hall–Kier alpha value is -2.33. The Morgan fingerprint density at radius 1 is 1.35 bits per heavy atom. The summed E-state index contributed by atoms with van der Waals surface area (Å²) in [6.45, 7) is 1.15. The molecule has 1 aliphatic rings. The molecule has 0 amide bonds. The second-order valence-corrected chi connectivity index (χ2v) is 6.31. The second-order valence-electron chi connectivity index (χ2n) is 5.49. The number of rotatable bonds is 5. The number of halogens is 2. The molecule has 3 rings (SSSR count). The Balaban J connectivity index is 1.98. The molecule has 8 heteroatoms. The minimum Gasteiger partial charge on any atom is -0.491 e. The maximum atomic E-state index is 9.57. The highest BCUT2D eigenvalue weighted by Crippen LogP contribution is 2.31. The van der Waals surface area contributed by atoms with Crippen molar-refractivity contribution in [2.45, 2.75) is 12.5 Å². The van der Waals surface area contributed by atoms with E-state index >= 15 is 0 Å². The van der Waals surface area contributed by atoms with E-state index in [0.29, 0.717) is 46.1 Å². The van der Waals surface area contributed by atoms with Gasteiger partial charge in [-0.2, -0.15) is 5.26 Å². The number of aromatic nitrogens is 2. The zero-order valence-corrected chi connectivity index (χ0v) is 15.4. The molecule has 0 spiro atoms. The van der Waals surface area contributed by atoms with E-state index in [2.05, 4.69) is 16.0 Å². The van der Waals surface area contributed by atoms with Crippen LogP contribution in [0.25, 0.3) is 11.6 Å². The van der Waals surface area contributed by atoms with E-state index in [1.165, 1.54) is 19.5 Å². The number of allylic oxidation sites excluding steroid dienone is 1. The quantitative estimate of drug-likeness (QED) is 0.716. The smallest absolute Gasteiger partial charge is 0.257 e. The highest BCUT2D eigenvalue weighted by molar-refractivity contribution is 6.37. The van der Waals surface area contributed by atoms with Crippen LogP contribution in [0.2, 0.25) is 10.0 Å². The van der Waals surface area contributed by atoms with Crippen LogP contribution in [0, 0.1) is 11.3 Å². The Morgan fingerprint density at radius 3 is 2.73 bits per heavy atom. The summed E-state index contributed by atoms with van der Waals surface area (Å²) < 4.78 is 16.5. The zero-order valence-electron chi connectivity index (χ0n) is 13.9. The van der Waals surface area contributed by atoms with Crippen LogP contribution in [0.4, 0.5) is 0 Å². The van der Waals surface area contributed by atoms with Crippen LogP contribution >= 0.6 is 23.2 Å². The lowest BCUT2D eigenvalue weighted by atomic mass is 10.1. The topological polar surface area (TPSA) is 77.3 Å². The van der Waals surface area contributed by atoms with Gasteiger partial charge in [-0.3, -0.25) is 4.98 Å². The average molecular weight is 392 g/mol. The summed E-state index contributed by atoms with van der Waals surface area (Å²) in [7, 11) is 1.53. The van der Waals surface area contributed by atoms with Crippen LogP contribution in [-0.4, -0.2) is 36.4 Å². The molecule has 1 fully saturated rings. The molecule has 0 radical (unpaired) electrons. The van der Waals surface area contributed by atoms with Crippen LogP contribution in [0.1, 0.15) is 17.7 Å². The standard InChI is InChI=1S/C18H15Cl2N3O3/c1-24-17-3-2-16(23-18(17)26-12-4-5-25-10-12)11(7-21)6-13-14(19)8-22-9-15(13)20/h2-3,6,8-9,12H,4-5,10H2,1H3. The molecule has 26 heavy (non-hydrogen) atoms. The van der Waals surface area contributed by atoms with Crippen molar-refractivity contribution in [1.29, 1.82) is 5.26 Å². The minimum absolute atomic E-state index is 0.0924. The minimum atomic E-state index is -0.0924. The van der Waals surface area contributed by atoms with Crippen LogP contribution in [0.3, 0.4) is 0 Å². The highest BCUT2D eigenvalue weighted by Gasteiger charge is 2.21. The van der Waals surface area contributed by atoms with Crippen LogP contribution < -0.4 is 9.47 Å². The molecule has 2 aromatic heterocycles. The predicted octanol–water partition coefficient (Wildman–Crippen LogP) is 4.02. The Kier molecular flexibility index (Phi) is 5.94. The van der Waals surface area contributed by atoms with Gasteiger partial charge in [-0.1, -0.05) is 23.2 Å². The van der Waals surface area contributed by atoms with Crippen molar-refractivity contribution < 1.29 is 14.2 Å². The molecule has 0 saturated carbocycles. The van der Waals surface area contributed by atoms with Crippen molar-refractivity contribution in [3.8, 4) is 17.7 Å². The molecule has 1 unspecified atom stereocenters. The van der Waals surface area contributed by atoms with E-state index < -0.39 is 0 Å². The molecular formula is C18H15Cl2N3O3. The molecule has 1 atom stereocenters. The van der Waals surface area contributed by atoms with Gasteiger partial charge in [-0.05, 0) is 18.2 Å². The third-order valence-corrected chi connectivity index (χ3v) is 4.39. The SMILES string of the molecule is COc1ccc(C(C#N)=Cc2c(Cl)cncc2Cl)nc1OC1CCOC1. The Morgan fingerprint density at radius 2 is 2.12 bits per heavy atom. The van der Waals surface area contributed by atoms with Crippen LogP contribution in [0.5, 0.6) is 11.6 Å². The number of ether oxygens (including phenoxy) is 3. The summed E-state index contributed by atoms with van der Waals surface area (Å²) in [5.74, 6) is 0.798. The average Bonchev–Trinajstić information content (AvgIpc) is 3.15. The normalized spacial score (nSPS) is 17.0. The number of methoxy groups -OCH3 is 1. The van der Waals surface area contributed by atoms with Gasteiger partial charge in [0.15, 0.2) is 5.75 Å². The molecule has 0 N–H and O–H groups in total. The molecule has 3 heterocycles. The summed E-state index contributed by atoms with van der Waals surface area (Å²) in [5.41, 5.74) is 1.21. The van der Waals surface area contributed by atoms with Gasteiger partial charge in [0.25, 0.3) is 5.88 Å². The third kappa shape index (κ3) is 4.07. The fourth-order valence-corrected chi connectivity index (χ4v) is 2.92. The van der Waals surface area contributed by atoms with E-state index in [1.54, 1.807) is 18.2 Å². The van der Waals surface area contributed by atoms with E-state index in [4.69, 9.17) is 37.4 Å². The summed E-state index contributed by atoms with van der Waals surface area (Å²) in [4.78, 5) is 8.34. The van der Waals surface area contributed by atoms with E-state index in [0.717, 1.165) is 6.42 Å². The summed E-state index contributed by atoms with van der Waals surface area (Å²) >= 11 is 12.3.